The van der Waals surface area contributed by atoms with Crippen molar-refractivity contribution in [3.8, 4) is 0 Å². The van der Waals surface area contributed by atoms with Crippen molar-refractivity contribution in [2.75, 3.05) is 33.4 Å². The lowest BCUT2D eigenvalue weighted by Gasteiger charge is -2.16. The maximum atomic E-state index is 12.5. The average Bonchev–Trinajstić information content (AvgIpc) is 2.68. The molecular weight excluding hydrogens is 284 g/mol. The molecule has 1 amide bonds. The molecule has 2 atom stereocenters. The summed E-state index contributed by atoms with van der Waals surface area (Å²) in [6.45, 7) is -1.72. The van der Waals surface area contributed by atoms with E-state index in [1.165, 1.54) is 0 Å². The van der Waals surface area contributed by atoms with Gasteiger partial charge in [-0.05, 0) is 13.5 Å². The molecule has 0 bridgehead atoms. The molecule has 0 radical (unpaired) electrons. The van der Waals surface area contributed by atoms with Gasteiger partial charge in [-0.15, -0.1) is 0 Å². The number of amides is 1. The number of carbonyl (C=O) groups excluding carboxylic acids is 1. The van der Waals surface area contributed by atoms with Gasteiger partial charge < -0.3 is 15.2 Å². The molecule has 9 heteroatoms. The largest absolute Gasteiger partial charge is 0.395 e. The summed E-state index contributed by atoms with van der Waals surface area (Å²) in [5.74, 6) is -4.90. The highest BCUT2D eigenvalue weighted by atomic mass is 19.3. The standard InChI is InChI=1S/C11H18F4N2O3/c1-17-3-7(2-8(17)4-18)16-9(19)5-20-6-11(14,15)10(12)13/h7-8,10,18H,2-6H2,1H3,(H,16,19)/t7-,8+/m1/s1. The highest BCUT2D eigenvalue weighted by molar-refractivity contribution is 5.77. The van der Waals surface area contributed by atoms with Gasteiger partial charge in [-0.25, -0.2) is 8.78 Å². The lowest BCUT2D eigenvalue weighted by atomic mass is 10.2. The maximum Gasteiger partial charge on any atom is 0.330 e. The van der Waals surface area contributed by atoms with Gasteiger partial charge in [-0.2, -0.15) is 8.78 Å². The SMILES string of the molecule is CN1C[C@H](NC(=O)COCC(F)(F)C(F)F)C[C@H]1CO. The Morgan fingerprint density at radius 1 is 1.55 bits per heavy atom. The van der Waals surface area contributed by atoms with Crippen LogP contribution in [0, 0.1) is 0 Å². The van der Waals surface area contributed by atoms with Crippen LogP contribution in [0.25, 0.3) is 0 Å². The molecule has 2 N–H and O–H groups in total. The second kappa shape index (κ2) is 7.19. The molecule has 0 aromatic heterocycles. The molecule has 20 heavy (non-hydrogen) atoms. The minimum absolute atomic E-state index is 0.0417. The van der Waals surface area contributed by atoms with Crippen molar-refractivity contribution in [2.24, 2.45) is 0 Å². The number of aliphatic hydroxyl groups excluding tert-OH is 1. The summed E-state index contributed by atoms with van der Waals surface area (Å²) in [6, 6.07) is -0.284. The van der Waals surface area contributed by atoms with Gasteiger partial charge in [0, 0.05) is 18.6 Å². The average molecular weight is 302 g/mol. The van der Waals surface area contributed by atoms with Crippen LogP contribution in [0.15, 0.2) is 0 Å². The molecule has 0 unspecified atom stereocenters. The number of halogens is 4. The molecule has 0 saturated carbocycles. The zero-order valence-electron chi connectivity index (χ0n) is 11.0. The summed E-state index contributed by atoms with van der Waals surface area (Å²) < 4.78 is 53.0. The van der Waals surface area contributed by atoms with Crippen molar-refractivity contribution in [3.63, 3.8) is 0 Å². The fourth-order valence-corrected chi connectivity index (χ4v) is 2.01. The van der Waals surface area contributed by atoms with Crippen molar-refractivity contribution in [2.45, 2.75) is 30.9 Å². The van der Waals surface area contributed by atoms with E-state index in [0.29, 0.717) is 13.0 Å². The van der Waals surface area contributed by atoms with E-state index in [1.807, 2.05) is 4.90 Å². The van der Waals surface area contributed by atoms with Gasteiger partial charge in [0.2, 0.25) is 5.91 Å². The van der Waals surface area contributed by atoms with Gasteiger partial charge in [0.1, 0.15) is 13.2 Å². The molecule has 0 aliphatic carbocycles. The Kier molecular flexibility index (Phi) is 6.15. The first-order valence-corrected chi connectivity index (χ1v) is 6.10. The number of aliphatic hydroxyl groups is 1. The molecule has 1 rings (SSSR count). The Hall–Kier alpha value is -0.930. The first kappa shape index (κ1) is 17.1. The number of nitrogens with zero attached hydrogens (tertiary/aromatic N) is 1. The number of hydrogen-bond donors (Lipinski definition) is 2. The molecule has 5 nitrogen and oxygen atoms in total. The normalized spacial score (nSPS) is 24.4. The Labute approximate surface area is 113 Å². The molecular formula is C11H18F4N2O3. The van der Waals surface area contributed by atoms with E-state index in [2.05, 4.69) is 10.1 Å². The van der Waals surface area contributed by atoms with Crippen LogP contribution in [0.5, 0.6) is 0 Å². The summed E-state index contributed by atoms with van der Waals surface area (Å²) >= 11 is 0. The van der Waals surface area contributed by atoms with E-state index in [0.717, 1.165) is 0 Å². The second-order valence-electron chi connectivity index (χ2n) is 4.83. The first-order valence-electron chi connectivity index (χ1n) is 6.10. The zero-order chi connectivity index (χ0) is 15.3. The highest BCUT2D eigenvalue weighted by Crippen LogP contribution is 2.22. The number of rotatable bonds is 7. The third kappa shape index (κ3) is 4.88. The van der Waals surface area contributed by atoms with Gasteiger partial charge in [-0.1, -0.05) is 0 Å². The van der Waals surface area contributed by atoms with Crippen LogP contribution in [0.1, 0.15) is 6.42 Å². The summed E-state index contributed by atoms with van der Waals surface area (Å²) in [5, 5.41) is 11.6. The summed E-state index contributed by atoms with van der Waals surface area (Å²) in [6.07, 6.45) is -3.29. The van der Waals surface area contributed by atoms with Crippen LogP contribution in [-0.2, 0) is 9.53 Å². The van der Waals surface area contributed by atoms with Crippen LogP contribution >= 0.6 is 0 Å². The molecule has 0 aromatic carbocycles. The summed E-state index contributed by atoms with van der Waals surface area (Å²) in [5.41, 5.74) is 0. The summed E-state index contributed by atoms with van der Waals surface area (Å²) in [4.78, 5) is 13.3. The minimum atomic E-state index is -4.25. The van der Waals surface area contributed by atoms with E-state index < -0.39 is 31.5 Å². The van der Waals surface area contributed by atoms with Crippen molar-refractivity contribution in [3.05, 3.63) is 0 Å². The van der Waals surface area contributed by atoms with Crippen LogP contribution in [0.3, 0.4) is 0 Å². The van der Waals surface area contributed by atoms with E-state index in [1.54, 1.807) is 7.05 Å². The van der Waals surface area contributed by atoms with Gasteiger partial charge in [0.25, 0.3) is 0 Å². The van der Waals surface area contributed by atoms with Crippen LogP contribution < -0.4 is 5.32 Å². The number of likely N-dealkylation sites (N-methyl/N-ethyl adjacent to an activating group) is 1. The van der Waals surface area contributed by atoms with Gasteiger partial charge in [0.05, 0.1) is 6.61 Å². The number of carbonyl (C=O) groups is 1. The minimum Gasteiger partial charge on any atom is -0.395 e. The molecule has 1 aliphatic heterocycles. The number of likely N-dealkylation sites (tertiary alicyclic amines) is 1. The predicted octanol–water partition coefficient (Wildman–Crippen LogP) is 0.0846. The number of hydrogen-bond acceptors (Lipinski definition) is 4. The monoisotopic (exact) mass is 302 g/mol. The Balaban J connectivity index is 2.25. The van der Waals surface area contributed by atoms with Crippen LogP contribution in [0.4, 0.5) is 17.6 Å². The number of ether oxygens (including phenoxy) is 1. The van der Waals surface area contributed by atoms with Crippen molar-refractivity contribution >= 4 is 5.91 Å². The lowest BCUT2D eigenvalue weighted by molar-refractivity contribution is -0.168. The van der Waals surface area contributed by atoms with Gasteiger partial charge in [0.15, 0.2) is 0 Å². The quantitative estimate of drug-likeness (QED) is 0.654. The molecule has 1 fully saturated rings. The lowest BCUT2D eigenvalue weighted by Crippen LogP contribution is -2.40. The Bertz CT molecular complexity index is 331. The molecule has 1 saturated heterocycles. The third-order valence-electron chi connectivity index (χ3n) is 3.11. The van der Waals surface area contributed by atoms with Gasteiger partial charge >= 0.3 is 12.3 Å². The zero-order valence-corrected chi connectivity index (χ0v) is 11.0. The van der Waals surface area contributed by atoms with Crippen molar-refractivity contribution in [1.29, 1.82) is 0 Å². The number of alkyl halides is 4. The molecule has 0 aromatic rings. The maximum absolute atomic E-state index is 12.5. The van der Waals surface area contributed by atoms with E-state index in [-0.39, 0.29) is 18.7 Å². The van der Waals surface area contributed by atoms with Crippen molar-refractivity contribution in [1.82, 2.24) is 10.2 Å². The van der Waals surface area contributed by atoms with E-state index in [9.17, 15) is 22.4 Å². The second-order valence-corrected chi connectivity index (χ2v) is 4.83. The molecule has 0 spiro atoms. The number of nitrogens with one attached hydrogen (secondary N) is 1. The topological polar surface area (TPSA) is 61.8 Å². The van der Waals surface area contributed by atoms with Crippen LogP contribution in [0.2, 0.25) is 0 Å². The molecule has 1 heterocycles. The van der Waals surface area contributed by atoms with E-state index in [4.69, 9.17) is 5.11 Å². The highest BCUT2D eigenvalue weighted by Gasteiger charge is 2.41. The Morgan fingerprint density at radius 3 is 2.70 bits per heavy atom. The fourth-order valence-electron chi connectivity index (χ4n) is 2.01. The van der Waals surface area contributed by atoms with Crippen molar-refractivity contribution < 1.29 is 32.2 Å². The third-order valence-corrected chi connectivity index (χ3v) is 3.11. The summed E-state index contributed by atoms with van der Waals surface area (Å²) in [7, 11) is 1.78. The van der Waals surface area contributed by atoms with Gasteiger partial charge in [-0.3, -0.25) is 9.69 Å². The molecule has 1 aliphatic rings. The predicted molar refractivity (Wildman–Crippen MR) is 61.8 cm³/mol. The van der Waals surface area contributed by atoms with Crippen LogP contribution in [-0.4, -0.2) is 73.8 Å². The Morgan fingerprint density at radius 2 is 2.20 bits per heavy atom. The van der Waals surface area contributed by atoms with E-state index >= 15 is 0 Å². The molecule has 118 valence electrons. The first-order chi connectivity index (χ1) is 9.26. The smallest absolute Gasteiger partial charge is 0.330 e. The fraction of sp³-hybridized carbons (Fsp3) is 0.909.